The van der Waals surface area contributed by atoms with E-state index in [-0.39, 0.29) is 28.4 Å². The minimum atomic E-state index is -0.882. The van der Waals surface area contributed by atoms with Crippen LogP contribution in [0, 0.1) is 5.82 Å². The summed E-state index contributed by atoms with van der Waals surface area (Å²) in [4.78, 5) is 51.4. The Kier molecular flexibility index (Phi) is 8.80. The van der Waals surface area contributed by atoms with Gasteiger partial charge in [0, 0.05) is 0 Å². The number of hydrogen-bond donors (Lipinski definition) is 2. The lowest BCUT2D eigenvalue weighted by atomic mass is 10.1. The number of barbiturate groups is 1. The van der Waals surface area contributed by atoms with Crippen molar-refractivity contribution >= 4 is 57.1 Å². The summed E-state index contributed by atoms with van der Waals surface area (Å²) in [7, 11) is 1.37. The molecule has 12 heteroatoms. The Morgan fingerprint density at radius 3 is 2.48 bits per heavy atom. The Morgan fingerprint density at radius 2 is 1.80 bits per heavy atom. The van der Waals surface area contributed by atoms with Crippen LogP contribution in [-0.4, -0.2) is 44.1 Å². The number of para-hydroxylation sites is 1. The molecule has 206 valence electrons. The zero-order chi connectivity index (χ0) is 28.8. The molecule has 2 N–H and O–H groups in total. The summed E-state index contributed by atoms with van der Waals surface area (Å²) < 4.78 is 30.5. The number of methoxy groups -OCH3 is 1. The number of benzene rings is 3. The molecule has 1 aliphatic heterocycles. The number of imide groups is 2. The van der Waals surface area contributed by atoms with Gasteiger partial charge in [0.2, 0.25) is 0 Å². The van der Waals surface area contributed by atoms with Crippen molar-refractivity contribution in [2.24, 2.45) is 0 Å². The minimum absolute atomic E-state index is 0.0114. The molecule has 10 nitrogen and oxygen atoms in total. The molecule has 0 aromatic heterocycles. The van der Waals surface area contributed by atoms with Crippen molar-refractivity contribution in [3.05, 3.63) is 82.1 Å². The van der Waals surface area contributed by atoms with Crippen LogP contribution in [0.1, 0.15) is 12.5 Å². The van der Waals surface area contributed by atoms with Crippen molar-refractivity contribution in [1.82, 2.24) is 5.32 Å². The molecule has 3 aromatic carbocycles. The molecule has 1 aliphatic rings. The van der Waals surface area contributed by atoms with Crippen LogP contribution in [0.15, 0.2) is 70.7 Å². The van der Waals surface area contributed by atoms with Gasteiger partial charge in [-0.15, -0.1) is 0 Å². The Morgan fingerprint density at radius 1 is 1.07 bits per heavy atom. The van der Waals surface area contributed by atoms with Gasteiger partial charge in [-0.1, -0.05) is 12.1 Å². The predicted octanol–water partition coefficient (Wildman–Crippen LogP) is 4.68. The number of hydrogen-bond acceptors (Lipinski definition) is 7. The maximum atomic E-state index is 13.8. The Labute approximate surface area is 236 Å². The molecule has 0 bridgehead atoms. The van der Waals surface area contributed by atoms with Gasteiger partial charge in [0.1, 0.15) is 17.1 Å². The third kappa shape index (κ3) is 6.29. The van der Waals surface area contributed by atoms with Crippen LogP contribution in [-0.2, 0) is 14.4 Å². The molecule has 1 heterocycles. The first-order valence-electron chi connectivity index (χ1n) is 11.9. The first-order chi connectivity index (χ1) is 19.2. The van der Waals surface area contributed by atoms with E-state index in [1.54, 1.807) is 18.2 Å². The van der Waals surface area contributed by atoms with Crippen LogP contribution >= 0.6 is 15.9 Å². The SMILES string of the molecule is CCOc1ccc(N2C(=O)NC(=O)/C(=C\c3cc(Br)c(OCC(=O)Nc4ccccc4F)c(OC)c3)C2=O)cc1. The number of anilines is 2. The third-order valence-electron chi connectivity index (χ3n) is 5.57. The van der Waals surface area contributed by atoms with Crippen molar-refractivity contribution in [2.75, 3.05) is 30.5 Å². The van der Waals surface area contributed by atoms with E-state index in [9.17, 15) is 23.6 Å². The fourth-order valence-electron chi connectivity index (χ4n) is 3.77. The quantitative estimate of drug-likeness (QED) is 0.266. The third-order valence-corrected chi connectivity index (χ3v) is 6.15. The minimum Gasteiger partial charge on any atom is -0.494 e. The molecule has 5 amide bonds. The molecular weight excluding hydrogens is 589 g/mol. The molecule has 4 rings (SSSR count). The highest BCUT2D eigenvalue weighted by Crippen LogP contribution is 2.37. The van der Waals surface area contributed by atoms with E-state index >= 15 is 0 Å². The number of carbonyl (C=O) groups is 4. The zero-order valence-corrected chi connectivity index (χ0v) is 22.9. The highest BCUT2D eigenvalue weighted by molar-refractivity contribution is 9.10. The standard InChI is InChI=1S/C28H23BrFN3O7/c1-3-39-18-10-8-17(9-11-18)33-27(36)19(26(35)32-28(33)37)12-16-13-20(29)25(23(14-16)38-2)40-15-24(34)31-22-7-5-4-6-21(22)30/h4-14H,3,15H2,1-2H3,(H,31,34)(H,32,35,37)/b19-12+. The Balaban J connectivity index is 1.55. The zero-order valence-electron chi connectivity index (χ0n) is 21.3. The number of halogens is 2. The number of rotatable bonds is 9. The smallest absolute Gasteiger partial charge is 0.335 e. The van der Waals surface area contributed by atoms with E-state index in [1.165, 1.54) is 55.7 Å². The summed E-state index contributed by atoms with van der Waals surface area (Å²) in [6.45, 7) is 1.83. The number of nitrogens with zero attached hydrogens (tertiary/aromatic N) is 1. The normalized spacial score (nSPS) is 14.2. The van der Waals surface area contributed by atoms with Crippen molar-refractivity contribution in [1.29, 1.82) is 0 Å². The number of nitrogens with one attached hydrogen (secondary N) is 2. The first-order valence-corrected chi connectivity index (χ1v) is 12.7. The van der Waals surface area contributed by atoms with Crippen molar-refractivity contribution in [2.45, 2.75) is 6.92 Å². The molecular formula is C28H23BrFN3O7. The van der Waals surface area contributed by atoms with E-state index in [4.69, 9.17) is 14.2 Å². The first kappa shape index (κ1) is 28.3. The second-order valence-electron chi connectivity index (χ2n) is 8.24. The van der Waals surface area contributed by atoms with E-state index in [2.05, 4.69) is 26.6 Å². The summed E-state index contributed by atoms with van der Waals surface area (Å²) in [6, 6.07) is 14.1. The topological polar surface area (TPSA) is 123 Å². The van der Waals surface area contributed by atoms with Crippen LogP contribution < -0.4 is 29.7 Å². The molecule has 0 saturated carbocycles. The Hall–Kier alpha value is -4.71. The van der Waals surface area contributed by atoms with Gasteiger partial charge in [0.15, 0.2) is 18.1 Å². The fraction of sp³-hybridized carbons (Fsp3) is 0.143. The summed E-state index contributed by atoms with van der Waals surface area (Å²) >= 11 is 3.35. The largest absolute Gasteiger partial charge is 0.494 e. The van der Waals surface area contributed by atoms with Gasteiger partial charge >= 0.3 is 6.03 Å². The van der Waals surface area contributed by atoms with E-state index in [0.717, 1.165) is 4.90 Å². The van der Waals surface area contributed by atoms with Crippen LogP contribution in [0.25, 0.3) is 6.08 Å². The highest BCUT2D eigenvalue weighted by atomic mass is 79.9. The molecule has 3 aromatic rings. The lowest BCUT2D eigenvalue weighted by Gasteiger charge is -2.26. The maximum Gasteiger partial charge on any atom is 0.335 e. The van der Waals surface area contributed by atoms with Gasteiger partial charge in [-0.05, 0) is 83.0 Å². The van der Waals surface area contributed by atoms with E-state index in [1.807, 2.05) is 6.92 Å². The predicted molar refractivity (Wildman–Crippen MR) is 148 cm³/mol. The molecule has 0 radical (unpaired) electrons. The van der Waals surface area contributed by atoms with Gasteiger partial charge in [-0.2, -0.15) is 0 Å². The van der Waals surface area contributed by atoms with Crippen molar-refractivity contribution in [3.8, 4) is 17.2 Å². The summed E-state index contributed by atoms with van der Waals surface area (Å²) in [5.74, 6) is -1.96. The molecule has 1 saturated heterocycles. The summed E-state index contributed by atoms with van der Waals surface area (Å²) in [5.41, 5.74) is 0.338. The average molecular weight is 612 g/mol. The second-order valence-corrected chi connectivity index (χ2v) is 9.09. The Bertz CT molecular complexity index is 1510. The number of amides is 5. The van der Waals surface area contributed by atoms with E-state index in [0.29, 0.717) is 22.4 Å². The molecule has 0 aliphatic carbocycles. The van der Waals surface area contributed by atoms with Gasteiger partial charge in [0.05, 0.1) is 29.6 Å². The molecule has 0 unspecified atom stereocenters. The van der Waals surface area contributed by atoms with Crippen LogP contribution in [0.2, 0.25) is 0 Å². The van der Waals surface area contributed by atoms with Crippen LogP contribution in [0.5, 0.6) is 17.2 Å². The number of carbonyl (C=O) groups excluding carboxylic acids is 4. The van der Waals surface area contributed by atoms with Gasteiger partial charge in [-0.3, -0.25) is 19.7 Å². The molecule has 0 atom stereocenters. The van der Waals surface area contributed by atoms with Gasteiger partial charge in [-0.25, -0.2) is 14.1 Å². The average Bonchev–Trinajstić information content (AvgIpc) is 2.92. The number of ether oxygens (including phenoxy) is 3. The molecule has 40 heavy (non-hydrogen) atoms. The lowest BCUT2D eigenvalue weighted by molar-refractivity contribution is -0.122. The van der Waals surface area contributed by atoms with Gasteiger partial charge < -0.3 is 19.5 Å². The van der Waals surface area contributed by atoms with Crippen molar-refractivity contribution in [3.63, 3.8) is 0 Å². The van der Waals surface area contributed by atoms with Crippen LogP contribution in [0.3, 0.4) is 0 Å². The molecule has 0 spiro atoms. The highest BCUT2D eigenvalue weighted by Gasteiger charge is 2.37. The maximum absolute atomic E-state index is 13.8. The van der Waals surface area contributed by atoms with Gasteiger partial charge in [0.25, 0.3) is 17.7 Å². The van der Waals surface area contributed by atoms with Crippen molar-refractivity contribution < 1.29 is 37.8 Å². The molecule has 1 fully saturated rings. The summed E-state index contributed by atoms with van der Waals surface area (Å²) in [6.07, 6.45) is 1.30. The summed E-state index contributed by atoms with van der Waals surface area (Å²) in [5, 5.41) is 4.59. The monoisotopic (exact) mass is 611 g/mol. The lowest BCUT2D eigenvalue weighted by Crippen LogP contribution is -2.54. The van der Waals surface area contributed by atoms with E-state index < -0.39 is 36.2 Å². The van der Waals surface area contributed by atoms with Crippen LogP contribution in [0.4, 0.5) is 20.6 Å². The second kappa shape index (κ2) is 12.4. The number of urea groups is 1. The fourth-order valence-corrected chi connectivity index (χ4v) is 4.34.